The van der Waals surface area contributed by atoms with Gasteiger partial charge in [-0.2, -0.15) is 10.2 Å². The second-order valence-corrected chi connectivity index (χ2v) is 7.65. The minimum atomic E-state index is -0.267. The van der Waals surface area contributed by atoms with E-state index in [4.69, 9.17) is 0 Å². The third-order valence-electron chi connectivity index (χ3n) is 4.79. The van der Waals surface area contributed by atoms with Crippen LogP contribution in [0.5, 0.6) is 0 Å². The highest BCUT2D eigenvalue weighted by Gasteiger charge is 2.02. The number of nitrogens with one attached hydrogen (secondary N) is 4. The molecule has 0 radical (unpaired) electrons. The first-order chi connectivity index (χ1) is 16.5. The number of rotatable bonds is 10. The van der Waals surface area contributed by atoms with Crippen LogP contribution in [-0.4, -0.2) is 37.3 Å². The molecule has 0 aliphatic heterocycles. The highest BCUT2D eigenvalue weighted by molar-refractivity contribution is 5.95. The monoisotopic (exact) mass is 456 g/mol. The Balaban J connectivity index is 1.45. The molecule has 0 atom stereocenters. The number of carbonyl (C=O) groups is 2. The Morgan fingerprint density at radius 3 is 1.41 bits per heavy atom. The standard InChI is InChI=1S/C26H28N6O2/c1-19-7-11-23(12-8-19)27-17-25(33)31-29-15-21-5-3-4-6-22(21)16-30-32-26(34)18-28-24-13-9-20(2)10-14-24/h3-16,27-28H,17-18H2,1-2H3,(H,31,33)(H,32,34)/b29-15-,30-16-. The van der Waals surface area contributed by atoms with Crippen LogP contribution in [-0.2, 0) is 9.59 Å². The summed E-state index contributed by atoms with van der Waals surface area (Å²) in [6.07, 6.45) is 3.07. The van der Waals surface area contributed by atoms with Gasteiger partial charge in [0.2, 0.25) is 0 Å². The lowest BCUT2D eigenvalue weighted by atomic mass is 10.1. The van der Waals surface area contributed by atoms with Crippen molar-refractivity contribution in [3.8, 4) is 0 Å². The Bertz CT molecular complexity index is 1060. The molecule has 2 amide bonds. The molecule has 174 valence electrons. The molecule has 8 heteroatoms. The molecule has 0 saturated heterocycles. The highest BCUT2D eigenvalue weighted by atomic mass is 16.2. The Morgan fingerprint density at radius 2 is 1.03 bits per heavy atom. The summed E-state index contributed by atoms with van der Waals surface area (Å²) < 4.78 is 0. The maximum absolute atomic E-state index is 12.0. The summed E-state index contributed by atoms with van der Waals surface area (Å²) >= 11 is 0. The summed E-state index contributed by atoms with van der Waals surface area (Å²) in [6, 6.07) is 22.9. The minimum absolute atomic E-state index is 0.103. The lowest BCUT2D eigenvalue weighted by molar-refractivity contribution is -0.120. The molecule has 0 unspecified atom stereocenters. The third-order valence-corrected chi connectivity index (χ3v) is 4.79. The van der Waals surface area contributed by atoms with E-state index in [9.17, 15) is 9.59 Å². The summed E-state index contributed by atoms with van der Waals surface area (Å²) in [5.41, 5.74) is 10.5. The molecule has 4 N–H and O–H groups in total. The van der Waals surface area contributed by atoms with Gasteiger partial charge in [-0.05, 0) is 38.1 Å². The maximum atomic E-state index is 12.0. The first-order valence-electron chi connectivity index (χ1n) is 10.8. The molecule has 0 heterocycles. The zero-order valence-corrected chi connectivity index (χ0v) is 19.2. The molecule has 0 saturated carbocycles. The normalized spacial score (nSPS) is 10.9. The van der Waals surface area contributed by atoms with Gasteiger partial charge in [-0.25, -0.2) is 10.9 Å². The highest BCUT2D eigenvalue weighted by Crippen LogP contribution is 2.08. The summed E-state index contributed by atoms with van der Waals surface area (Å²) in [5.74, 6) is -0.535. The molecule has 3 aromatic rings. The quantitative estimate of drug-likeness (QED) is 0.277. The summed E-state index contributed by atoms with van der Waals surface area (Å²) in [5, 5.41) is 14.1. The summed E-state index contributed by atoms with van der Waals surface area (Å²) in [6.45, 7) is 4.22. The number of aryl methyl sites for hydroxylation is 2. The van der Waals surface area contributed by atoms with Crippen molar-refractivity contribution >= 4 is 35.6 Å². The molecule has 8 nitrogen and oxygen atoms in total. The van der Waals surface area contributed by atoms with Crippen LogP contribution in [0.2, 0.25) is 0 Å². The number of hydrazone groups is 2. The summed E-state index contributed by atoms with van der Waals surface area (Å²) in [4.78, 5) is 24.0. The van der Waals surface area contributed by atoms with E-state index in [-0.39, 0.29) is 24.9 Å². The van der Waals surface area contributed by atoms with Gasteiger partial charge in [0.1, 0.15) is 0 Å². The molecule has 0 bridgehead atoms. The van der Waals surface area contributed by atoms with Crippen molar-refractivity contribution < 1.29 is 9.59 Å². The van der Waals surface area contributed by atoms with Crippen molar-refractivity contribution in [3.63, 3.8) is 0 Å². The smallest absolute Gasteiger partial charge is 0.259 e. The van der Waals surface area contributed by atoms with Gasteiger partial charge in [-0.3, -0.25) is 9.59 Å². The number of anilines is 2. The van der Waals surface area contributed by atoms with E-state index in [0.29, 0.717) is 0 Å². The fraction of sp³-hybridized carbons (Fsp3) is 0.154. The third kappa shape index (κ3) is 8.23. The predicted octanol–water partition coefficient (Wildman–Crippen LogP) is 3.43. The van der Waals surface area contributed by atoms with Crippen molar-refractivity contribution in [1.82, 2.24) is 10.9 Å². The second kappa shape index (κ2) is 12.5. The van der Waals surface area contributed by atoms with Crippen molar-refractivity contribution in [2.45, 2.75) is 13.8 Å². The van der Waals surface area contributed by atoms with Crippen LogP contribution in [0.25, 0.3) is 0 Å². The lowest BCUT2D eigenvalue weighted by Gasteiger charge is -2.06. The lowest BCUT2D eigenvalue weighted by Crippen LogP contribution is -2.26. The van der Waals surface area contributed by atoms with Gasteiger partial charge in [0.15, 0.2) is 0 Å². The molecule has 34 heavy (non-hydrogen) atoms. The van der Waals surface area contributed by atoms with Crippen LogP contribution in [0, 0.1) is 13.8 Å². The molecule has 3 aromatic carbocycles. The largest absolute Gasteiger partial charge is 0.376 e. The number of hydrogen-bond acceptors (Lipinski definition) is 6. The van der Waals surface area contributed by atoms with Gasteiger partial charge in [0, 0.05) is 22.5 Å². The molecular weight excluding hydrogens is 428 g/mol. The van der Waals surface area contributed by atoms with Crippen molar-refractivity contribution in [1.29, 1.82) is 0 Å². The van der Waals surface area contributed by atoms with Gasteiger partial charge in [0.25, 0.3) is 11.8 Å². The predicted molar refractivity (Wildman–Crippen MR) is 137 cm³/mol. The molecule has 0 aliphatic carbocycles. The van der Waals surface area contributed by atoms with Crippen molar-refractivity contribution in [2.75, 3.05) is 23.7 Å². The second-order valence-electron chi connectivity index (χ2n) is 7.65. The van der Waals surface area contributed by atoms with Crippen molar-refractivity contribution in [2.24, 2.45) is 10.2 Å². The number of nitrogens with zero attached hydrogens (tertiary/aromatic N) is 2. The average Bonchev–Trinajstić information content (AvgIpc) is 2.84. The SMILES string of the molecule is Cc1ccc(NCC(=O)N/N=C\c2ccccc2/C=N\NC(=O)CNc2ccc(C)cc2)cc1. The Hall–Kier alpha value is -4.46. The van der Waals surface area contributed by atoms with E-state index in [1.54, 1.807) is 0 Å². The molecule has 0 spiro atoms. The van der Waals surface area contributed by atoms with Crippen LogP contribution in [0.3, 0.4) is 0 Å². The van der Waals surface area contributed by atoms with Gasteiger partial charge >= 0.3 is 0 Å². The van der Waals surface area contributed by atoms with Crippen LogP contribution in [0.4, 0.5) is 11.4 Å². The molecule has 0 fully saturated rings. The zero-order chi connectivity index (χ0) is 24.2. The Labute approximate surface area is 199 Å². The van der Waals surface area contributed by atoms with Crippen LogP contribution in [0.1, 0.15) is 22.3 Å². The summed E-state index contributed by atoms with van der Waals surface area (Å²) in [7, 11) is 0. The van der Waals surface area contributed by atoms with Crippen LogP contribution in [0.15, 0.2) is 83.0 Å². The number of hydrogen-bond donors (Lipinski definition) is 4. The average molecular weight is 457 g/mol. The number of carbonyl (C=O) groups excluding carboxylic acids is 2. The van der Waals surface area contributed by atoms with Gasteiger partial charge in [-0.1, -0.05) is 59.7 Å². The van der Waals surface area contributed by atoms with Gasteiger partial charge in [-0.15, -0.1) is 0 Å². The maximum Gasteiger partial charge on any atom is 0.259 e. The van der Waals surface area contributed by atoms with Crippen LogP contribution >= 0.6 is 0 Å². The van der Waals surface area contributed by atoms with Crippen molar-refractivity contribution in [3.05, 3.63) is 95.1 Å². The number of amides is 2. The molecule has 0 aromatic heterocycles. The van der Waals surface area contributed by atoms with E-state index < -0.39 is 0 Å². The molecule has 3 rings (SSSR count). The minimum Gasteiger partial charge on any atom is -0.376 e. The Morgan fingerprint density at radius 1 is 0.647 bits per heavy atom. The first-order valence-corrected chi connectivity index (χ1v) is 10.8. The first kappa shape index (κ1) is 24.2. The van der Waals surface area contributed by atoms with Gasteiger partial charge in [0.05, 0.1) is 25.5 Å². The fourth-order valence-electron chi connectivity index (χ4n) is 2.88. The van der Waals surface area contributed by atoms with Crippen LogP contribution < -0.4 is 21.5 Å². The molecular formula is C26H28N6O2. The Kier molecular flexibility index (Phi) is 8.92. The van der Waals surface area contributed by atoms with E-state index in [1.807, 2.05) is 86.6 Å². The van der Waals surface area contributed by atoms with E-state index >= 15 is 0 Å². The fourth-order valence-corrected chi connectivity index (χ4v) is 2.88. The number of benzene rings is 3. The van der Waals surface area contributed by atoms with E-state index in [0.717, 1.165) is 33.6 Å². The van der Waals surface area contributed by atoms with Gasteiger partial charge < -0.3 is 10.6 Å². The van der Waals surface area contributed by atoms with E-state index in [2.05, 4.69) is 31.7 Å². The van der Waals surface area contributed by atoms with E-state index in [1.165, 1.54) is 12.4 Å². The topological polar surface area (TPSA) is 107 Å². The molecule has 0 aliphatic rings. The zero-order valence-electron chi connectivity index (χ0n) is 19.2.